The first kappa shape index (κ1) is 11.0. The summed E-state index contributed by atoms with van der Waals surface area (Å²) in [5.41, 5.74) is 0. The summed E-state index contributed by atoms with van der Waals surface area (Å²) in [5.74, 6) is 0. The predicted octanol–water partition coefficient (Wildman–Crippen LogP) is -0.972. The van der Waals surface area contributed by atoms with Crippen molar-refractivity contribution in [3.63, 3.8) is 0 Å². The Morgan fingerprint density at radius 3 is 2.77 bits per heavy atom. The Morgan fingerprint density at radius 2 is 2.23 bits per heavy atom. The van der Waals surface area contributed by atoms with E-state index in [1.54, 1.807) is 0 Å². The molecule has 2 radical (unpaired) electrons. The van der Waals surface area contributed by atoms with E-state index < -0.39 is 24.3 Å². The van der Waals surface area contributed by atoms with Gasteiger partial charge in [0.05, 0.1) is 6.61 Å². The number of hydrogen-bond acceptors (Lipinski definition) is 4. The lowest BCUT2D eigenvalue weighted by Gasteiger charge is -2.19. The monoisotopic (exact) mass is 186 g/mol. The van der Waals surface area contributed by atoms with Gasteiger partial charge in [0.1, 0.15) is 26.2 Å². The van der Waals surface area contributed by atoms with Gasteiger partial charge in [0.15, 0.2) is 0 Å². The summed E-state index contributed by atoms with van der Waals surface area (Å²) < 4.78 is 10.4. The Morgan fingerprint density at radius 1 is 1.54 bits per heavy atom. The van der Waals surface area contributed by atoms with E-state index in [0.717, 1.165) is 6.42 Å². The third kappa shape index (κ3) is 2.43. The van der Waals surface area contributed by atoms with Crippen LogP contribution in [-0.2, 0) is 9.47 Å². The molecule has 0 aromatic rings. The third-order valence-electron chi connectivity index (χ3n) is 2.07. The number of aliphatic hydroxyl groups is 2. The molecule has 0 saturated carbocycles. The minimum Gasteiger partial charge on any atom is -0.394 e. The van der Waals surface area contributed by atoms with E-state index in [1.807, 2.05) is 6.92 Å². The molecule has 4 nitrogen and oxygen atoms in total. The van der Waals surface area contributed by atoms with Gasteiger partial charge in [0.2, 0.25) is 0 Å². The van der Waals surface area contributed by atoms with Crippen LogP contribution in [0, 0.1) is 0 Å². The molecule has 1 aliphatic heterocycles. The molecular formula is C8H15BO4. The molecule has 1 heterocycles. The molecule has 1 saturated heterocycles. The van der Waals surface area contributed by atoms with Gasteiger partial charge in [-0.15, -0.1) is 0 Å². The fourth-order valence-electron chi connectivity index (χ4n) is 1.37. The topological polar surface area (TPSA) is 58.9 Å². The molecule has 1 rings (SSSR count). The highest BCUT2D eigenvalue weighted by Gasteiger charge is 2.41. The van der Waals surface area contributed by atoms with Crippen LogP contribution in [0.1, 0.15) is 13.3 Å². The maximum atomic E-state index is 9.50. The molecule has 74 valence electrons. The molecule has 1 aliphatic rings. The molecule has 4 atom stereocenters. The zero-order valence-electron chi connectivity index (χ0n) is 7.72. The molecule has 0 bridgehead atoms. The highest BCUT2D eigenvalue weighted by atomic mass is 16.6. The fourth-order valence-corrected chi connectivity index (χ4v) is 1.37. The SMILES string of the molecule is [B][C@@H]1O[C@H](CO)C(OCCC)[C@@H]1O. The minimum absolute atomic E-state index is 0.181. The van der Waals surface area contributed by atoms with Crippen molar-refractivity contribution >= 4 is 7.85 Å². The van der Waals surface area contributed by atoms with Crippen molar-refractivity contribution in [2.75, 3.05) is 13.2 Å². The first-order chi connectivity index (χ1) is 6.20. The lowest BCUT2D eigenvalue weighted by atomic mass is 9.93. The van der Waals surface area contributed by atoms with Gasteiger partial charge in [-0.3, -0.25) is 0 Å². The van der Waals surface area contributed by atoms with Crippen LogP contribution in [0.2, 0.25) is 0 Å². The van der Waals surface area contributed by atoms with Crippen LogP contribution in [0.3, 0.4) is 0 Å². The Balaban J connectivity index is 2.47. The van der Waals surface area contributed by atoms with Crippen molar-refractivity contribution in [1.29, 1.82) is 0 Å². The summed E-state index contributed by atoms with van der Waals surface area (Å²) in [6.07, 6.45) is -0.989. The van der Waals surface area contributed by atoms with Crippen LogP contribution in [0.4, 0.5) is 0 Å². The maximum Gasteiger partial charge on any atom is 0.113 e. The summed E-state index contributed by atoms with van der Waals surface area (Å²) in [6, 6.07) is -0.751. The van der Waals surface area contributed by atoms with Gasteiger partial charge in [0.25, 0.3) is 0 Å². The van der Waals surface area contributed by atoms with Gasteiger partial charge in [-0.2, -0.15) is 0 Å². The Bertz CT molecular complexity index is 155. The predicted molar refractivity (Wildman–Crippen MR) is 47.5 cm³/mol. The van der Waals surface area contributed by atoms with E-state index in [2.05, 4.69) is 0 Å². The average Bonchev–Trinajstić information content (AvgIpc) is 2.40. The van der Waals surface area contributed by atoms with Gasteiger partial charge >= 0.3 is 0 Å². The molecule has 0 amide bonds. The quantitative estimate of drug-likeness (QED) is 0.554. The van der Waals surface area contributed by atoms with Crippen LogP contribution in [0.25, 0.3) is 0 Å². The van der Waals surface area contributed by atoms with Crippen LogP contribution < -0.4 is 0 Å². The van der Waals surface area contributed by atoms with Crippen molar-refractivity contribution < 1.29 is 19.7 Å². The van der Waals surface area contributed by atoms with Crippen molar-refractivity contribution in [1.82, 2.24) is 0 Å². The van der Waals surface area contributed by atoms with Gasteiger partial charge in [-0.05, 0) is 6.42 Å². The molecule has 0 aromatic carbocycles. The zero-order valence-corrected chi connectivity index (χ0v) is 7.72. The summed E-state index contributed by atoms with van der Waals surface area (Å²) >= 11 is 0. The molecule has 0 spiro atoms. The number of rotatable bonds is 4. The van der Waals surface area contributed by atoms with Crippen molar-refractivity contribution in [3.05, 3.63) is 0 Å². The molecule has 0 aromatic heterocycles. The summed E-state index contributed by atoms with van der Waals surface area (Å²) in [5, 5.41) is 18.4. The van der Waals surface area contributed by atoms with E-state index in [0.29, 0.717) is 6.61 Å². The summed E-state index contributed by atoms with van der Waals surface area (Å²) in [6.45, 7) is 2.32. The van der Waals surface area contributed by atoms with Crippen LogP contribution in [0.15, 0.2) is 0 Å². The molecular weight excluding hydrogens is 171 g/mol. The van der Waals surface area contributed by atoms with Crippen molar-refractivity contribution in [3.8, 4) is 0 Å². The molecule has 1 fully saturated rings. The zero-order chi connectivity index (χ0) is 9.84. The normalized spacial score (nSPS) is 39.6. The summed E-state index contributed by atoms with van der Waals surface area (Å²) in [7, 11) is 5.44. The molecule has 5 heteroatoms. The fraction of sp³-hybridized carbons (Fsp3) is 1.00. The standard InChI is InChI=1S/C8H15BO4/c1-2-3-12-7-5(4-10)13-8(9)6(7)11/h5-8,10-11H,2-4H2,1H3/t5-,6+,7?,8-/m1/s1. The first-order valence-electron chi connectivity index (χ1n) is 4.52. The van der Waals surface area contributed by atoms with Crippen LogP contribution >= 0.6 is 0 Å². The second-order valence-corrected chi connectivity index (χ2v) is 3.15. The largest absolute Gasteiger partial charge is 0.394 e. The van der Waals surface area contributed by atoms with Crippen molar-refractivity contribution in [2.24, 2.45) is 0 Å². The Hall–Kier alpha value is -0.0951. The van der Waals surface area contributed by atoms with E-state index in [1.165, 1.54) is 0 Å². The highest BCUT2D eigenvalue weighted by Crippen LogP contribution is 2.21. The van der Waals surface area contributed by atoms with Gasteiger partial charge in [-0.1, -0.05) is 6.92 Å². The minimum atomic E-state index is -0.844. The van der Waals surface area contributed by atoms with Gasteiger partial charge < -0.3 is 19.7 Å². The van der Waals surface area contributed by atoms with Crippen LogP contribution in [0.5, 0.6) is 0 Å². The number of ether oxygens (including phenoxy) is 2. The lowest BCUT2D eigenvalue weighted by Crippen LogP contribution is -2.37. The number of aliphatic hydroxyl groups excluding tert-OH is 2. The molecule has 1 unspecified atom stereocenters. The Kier molecular flexibility index (Phi) is 4.19. The van der Waals surface area contributed by atoms with E-state index in [-0.39, 0.29) is 6.61 Å². The first-order valence-corrected chi connectivity index (χ1v) is 4.52. The summed E-state index contributed by atoms with van der Waals surface area (Å²) in [4.78, 5) is 0. The van der Waals surface area contributed by atoms with Crippen LogP contribution in [-0.4, -0.2) is 55.6 Å². The van der Waals surface area contributed by atoms with E-state index >= 15 is 0 Å². The second-order valence-electron chi connectivity index (χ2n) is 3.15. The van der Waals surface area contributed by atoms with Gasteiger partial charge in [0, 0.05) is 12.6 Å². The van der Waals surface area contributed by atoms with Gasteiger partial charge in [-0.25, -0.2) is 0 Å². The van der Waals surface area contributed by atoms with E-state index in [4.69, 9.17) is 22.4 Å². The molecule has 2 N–H and O–H groups in total. The molecule has 0 aliphatic carbocycles. The second kappa shape index (κ2) is 4.95. The lowest BCUT2D eigenvalue weighted by molar-refractivity contribution is -0.0529. The van der Waals surface area contributed by atoms with E-state index in [9.17, 15) is 5.11 Å². The molecule has 13 heavy (non-hydrogen) atoms. The Labute approximate surface area is 79.3 Å². The average molecular weight is 186 g/mol. The smallest absolute Gasteiger partial charge is 0.113 e. The third-order valence-corrected chi connectivity index (χ3v) is 2.07. The highest BCUT2D eigenvalue weighted by molar-refractivity contribution is 6.11. The maximum absolute atomic E-state index is 9.50. The van der Waals surface area contributed by atoms with Crippen molar-refractivity contribution in [2.45, 2.75) is 37.7 Å². The number of hydrogen-bond donors (Lipinski definition) is 2.